The van der Waals surface area contributed by atoms with Gasteiger partial charge in [-0.2, -0.15) is 0 Å². The van der Waals surface area contributed by atoms with Gasteiger partial charge in [-0.25, -0.2) is 0 Å². The van der Waals surface area contributed by atoms with Crippen molar-refractivity contribution in [3.63, 3.8) is 0 Å². The van der Waals surface area contributed by atoms with Crippen LogP contribution in [0, 0.1) is 0 Å². The second-order valence-electron chi connectivity index (χ2n) is 4.94. The molecule has 0 heterocycles. The van der Waals surface area contributed by atoms with E-state index >= 15 is 0 Å². The average molecular weight is 285 g/mol. The first-order valence-corrected chi connectivity index (χ1v) is 7.37. The molecule has 0 aliphatic rings. The number of hydrogen-bond acceptors (Lipinski definition) is 3. The van der Waals surface area contributed by atoms with Crippen LogP contribution in [0.5, 0.6) is 11.5 Å². The molecule has 112 valence electrons. The molecule has 2 rings (SSSR count). The molecule has 1 atom stereocenters. The van der Waals surface area contributed by atoms with E-state index in [2.05, 4.69) is 24.4 Å². The van der Waals surface area contributed by atoms with Crippen LogP contribution < -0.4 is 14.8 Å². The van der Waals surface area contributed by atoms with Crippen molar-refractivity contribution in [3.8, 4) is 11.5 Å². The molecular weight excluding hydrogens is 262 g/mol. The van der Waals surface area contributed by atoms with E-state index in [0.29, 0.717) is 0 Å². The molecule has 0 fully saturated rings. The van der Waals surface area contributed by atoms with Crippen molar-refractivity contribution in [1.82, 2.24) is 5.32 Å². The van der Waals surface area contributed by atoms with Crippen LogP contribution in [0.4, 0.5) is 0 Å². The summed E-state index contributed by atoms with van der Waals surface area (Å²) in [6.07, 6.45) is 1.16. The molecule has 1 unspecified atom stereocenters. The van der Waals surface area contributed by atoms with E-state index in [4.69, 9.17) is 9.47 Å². The van der Waals surface area contributed by atoms with Crippen LogP contribution in [-0.2, 0) is 6.54 Å². The second-order valence-corrected chi connectivity index (χ2v) is 4.94. The molecule has 21 heavy (non-hydrogen) atoms. The maximum atomic E-state index is 5.96. The fourth-order valence-corrected chi connectivity index (χ4v) is 2.08. The van der Waals surface area contributed by atoms with Crippen LogP contribution >= 0.6 is 0 Å². The highest BCUT2D eigenvalue weighted by molar-refractivity contribution is 5.27. The number of para-hydroxylation sites is 1. The Kier molecular flexibility index (Phi) is 6.10. The summed E-state index contributed by atoms with van der Waals surface area (Å²) in [6, 6.07) is 18.1. The first-order chi connectivity index (χ1) is 10.3. The van der Waals surface area contributed by atoms with Gasteiger partial charge in [0.1, 0.15) is 17.6 Å². The monoisotopic (exact) mass is 285 g/mol. The van der Waals surface area contributed by atoms with Crippen LogP contribution in [0.15, 0.2) is 54.6 Å². The van der Waals surface area contributed by atoms with Gasteiger partial charge < -0.3 is 14.8 Å². The summed E-state index contributed by atoms with van der Waals surface area (Å²) in [5.41, 5.74) is 1.24. The summed E-state index contributed by atoms with van der Waals surface area (Å²) in [4.78, 5) is 0. The standard InChI is InChI=1S/C18H23NO2/c1-3-16(21-18-7-5-4-6-8-18)14-19-13-15-9-11-17(20-2)12-10-15/h4-12,16,19H,3,13-14H2,1-2H3. The van der Waals surface area contributed by atoms with Crippen molar-refractivity contribution < 1.29 is 9.47 Å². The molecule has 2 aromatic carbocycles. The molecular formula is C18H23NO2. The Labute approximate surface area is 126 Å². The van der Waals surface area contributed by atoms with Gasteiger partial charge in [0.2, 0.25) is 0 Å². The Bertz CT molecular complexity index is 511. The van der Waals surface area contributed by atoms with Crippen molar-refractivity contribution in [2.75, 3.05) is 13.7 Å². The molecule has 1 N–H and O–H groups in total. The lowest BCUT2D eigenvalue weighted by Gasteiger charge is -2.18. The van der Waals surface area contributed by atoms with Crippen molar-refractivity contribution in [1.29, 1.82) is 0 Å². The van der Waals surface area contributed by atoms with Gasteiger partial charge in [-0.15, -0.1) is 0 Å². The second kappa shape index (κ2) is 8.32. The van der Waals surface area contributed by atoms with Crippen molar-refractivity contribution in [2.24, 2.45) is 0 Å². The number of rotatable bonds is 8. The lowest BCUT2D eigenvalue weighted by molar-refractivity contribution is 0.193. The van der Waals surface area contributed by atoms with Crippen molar-refractivity contribution in [2.45, 2.75) is 26.0 Å². The number of nitrogens with one attached hydrogen (secondary N) is 1. The predicted octanol–water partition coefficient (Wildman–Crippen LogP) is 3.64. The fourth-order valence-electron chi connectivity index (χ4n) is 2.08. The van der Waals surface area contributed by atoms with Gasteiger partial charge in [-0.1, -0.05) is 37.3 Å². The van der Waals surface area contributed by atoms with Crippen molar-refractivity contribution >= 4 is 0 Å². The van der Waals surface area contributed by atoms with E-state index in [9.17, 15) is 0 Å². The summed E-state index contributed by atoms with van der Waals surface area (Å²) in [5, 5.41) is 3.44. The van der Waals surface area contributed by atoms with Crippen LogP contribution in [0.2, 0.25) is 0 Å². The van der Waals surface area contributed by atoms with Gasteiger partial charge in [0.25, 0.3) is 0 Å². The Morgan fingerprint density at radius 2 is 1.67 bits per heavy atom. The van der Waals surface area contributed by atoms with Crippen molar-refractivity contribution in [3.05, 3.63) is 60.2 Å². The van der Waals surface area contributed by atoms with Crippen LogP contribution in [0.25, 0.3) is 0 Å². The third-order valence-corrected chi connectivity index (χ3v) is 3.36. The van der Waals surface area contributed by atoms with Crippen LogP contribution in [-0.4, -0.2) is 19.8 Å². The Morgan fingerprint density at radius 3 is 2.29 bits per heavy atom. The molecule has 0 spiro atoms. The minimum atomic E-state index is 0.186. The lowest BCUT2D eigenvalue weighted by Crippen LogP contribution is -2.30. The topological polar surface area (TPSA) is 30.5 Å². The highest BCUT2D eigenvalue weighted by atomic mass is 16.5. The molecule has 0 aromatic heterocycles. The molecule has 3 heteroatoms. The summed E-state index contributed by atoms with van der Waals surface area (Å²) >= 11 is 0. The SMILES string of the molecule is CCC(CNCc1ccc(OC)cc1)Oc1ccccc1. The van der Waals surface area contributed by atoms with Gasteiger partial charge >= 0.3 is 0 Å². The molecule has 0 amide bonds. The summed E-state index contributed by atoms with van der Waals surface area (Å²) in [5.74, 6) is 1.81. The number of benzene rings is 2. The summed E-state index contributed by atoms with van der Waals surface area (Å²) < 4.78 is 11.1. The highest BCUT2D eigenvalue weighted by Gasteiger charge is 2.07. The first-order valence-electron chi connectivity index (χ1n) is 7.37. The maximum Gasteiger partial charge on any atom is 0.119 e. The zero-order valence-electron chi connectivity index (χ0n) is 12.7. The summed E-state index contributed by atoms with van der Waals surface area (Å²) in [7, 11) is 1.68. The average Bonchev–Trinajstić information content (AvgIpc) is 2.55. The first kappa shape index (κ1) is 15.4. The molecule has 2 aromatic rings. The van der Waals surface area contributed by atoms with Gasteiger partial charge in [-0.3, -0.25) is 0 Å². The largest absolute Gasteiger partial charge is 0.497 e. The summed E-state index contributed by atoms with van der Waals surface area (Å²) in [6.45, 7) is 3.80. The lowest BCUT2D eigenvalue weighted by atomic mass is 10.2. The van der Waals surface area contributed by atoms with E-state index in [0.717, 1.165) is 31.0 Å². The van der Waals surface area contributed by atoms with Crippen LogP contribution in [0.3, 0.4) is 0 Å². The van der Waals surface area contributed by atoms with E-state index in [1.54, 1.807) is 7.11 Å². The minimum Gasteiger partial charge on any atom is -0.497 e. The number of methoxy groups -OCH3 is 1. The van der Waals surface area contributed by atoms with Crippen LogP contribution in [0.1, 0.15) is 18.9 Å². The minimum absolute atomic E-state index is 0.186. The van der Waals surface area contributed by atoms with Gasteiger partial charge in [-0.05, 0) is 36.2 Å². The van der Waals surface area contributed by atoms with Gasteiger partial charge in [0, 0.05) is 13.1 Å². The third kappa shape index (κ3) is 5.12. The Balaban J connectivity index is 1.77. The quantitative estimate of drug-likeness (QED) is 0.803. The van der Waals surface area contributed by atoms with E-state index in [1.807, 2.05) is 42.5 Å². The molecule has 0 radical (unpaired) electrons. The van der Waals surface area contributed by atoms with Gasteiger partial charge in [0.15, 0.2) is 0 Å². The number of hydrogen-bond donors (Lipinski definition) is 1. The molecule has 3 nitrogen and oxygen atoms in total. The predicted molar refractivity (Wildman–Crippen MR) is 85.8 cm³/mol. The van der Waals surface area contributed by atoms with E-state index < -0.39 is 0 Å². The smallest absolute Gasteiger partial charge is 0.119 e. The Morgan fingerprint density at radius 1 is 0.952 bits per heavy atom. The number of ether oxygens (including phenoxy) is 2. The van der Waals surface area contributed by atoms with E-state index in [1.165, 1.54) is 5.56 Å². The fraction of sp³-hybridized carbons (Fsp3) is 0.333. The molecule has 0 bridgehead atoms. The molecule has 0 saturated carbocycles. The molecule has 0 aliphatic heterocycles. The van der Waals surface area contributed by atoms with Gasteiger partial charge in [0.05, 0.1) is 7.11 Å². The van der Waals surface area contributed by atoms with E-state index in [-0.39, 0.29) is 6.10 Å². The normalized spacial score (nSPS) is 11.9. The third-order valence-electron chi connectivity index (χ3n) is 3.36. The Hall–Kier alpha value is -2.00. The zero-order chi connectivity index (χ0) is 14.9. The molecule has 0 saturated heterocycles. The zero-order valence-corrected chi connectivity index (χ0v) is 12.7. The molecule has 0 aliphatic carbocycles. The maximum absolute atomic E-state index is 5.96. The highest BCUT2D eigenvalue weighted by Crippen LogP contribution is 2.13.